The number of nitrogens with two attached hydrogens (primary N) is 1. The van der Waals surface area contributed by atoms with Crippen molar-refractivity contribution in [3.8, 4) is 23.2 Å². The molecular weight excluding hydrogens is 672 g/mol. The standard InChI is InChI=1S/C35H32ClF2N7O3S/c36-29-26(19-6-7-23(38)31-27(19)20(11-39)32(40)49-31)21-14-46-15-22(21)28-30(29)42-34(47-16-35-8-3-9-45(35)13-17(37)10-35)43-33(28)41-12-24-18-4-1-2-5-25(18)48-44-24/h6-7,17H,1-5,8-10,12-16,40H2,(H,41,42,43)/t17-,35+/m1/s1. The third-order valence-electron chi connectivity index (χ3n) is 10.7. The van der Waals surface area contributed by atoms with Crippen LogP contribution in [0.3, 0.4) is 0 Å². The van der Waals surface area contributed by atoms with Gasteiger partial charge in [-0.05, 0) is 61.4 Å². The largest absolute Gasteiger partial charge is 0.461 e. The number of benzene rings is 2. The molecule has 0 spiro atoms. The fourth-order valence-corrected chi connectivity index (χ4v) is 9.70. The molecule has 0 unspecified atom stereocenters. The minimum absolute atomic E-state index is 0.106. The third kappa shape index (κ3) is 4.86. The summed E-state index contributed by atoms with van der Waals surface area (Å²) in [4.78, 5) is 11.9. The molecule has 6 heterocycles. The van der Waals surface area contributed by atoms with Crippen LogP contribution in [0.5, 0.6) is 6.01 Å². The second-order valence-corrected chi connectivity index (χ2v) is 14.9. The number of fused-ring (bicyclic) bond motifs is 6. The molecule has 0 bridgehead atoms. The number of aryl methyl sites for hydroxylation is 1. The number of nitriles is 1. The van der Waals surface area contributed by atoms with Crippen LogP contribution >= 0.6 is 22.9 Å². The minimum Gasteiger partial charge on any atom is -0.461 e. The lowest BCUT2D eigenvalue weighted by Crippen LogP contribution is -2.43. The van der Waals surface area contributed by atoms with Crippen LogP contribution in [0.25, 0.3) is 32.1 Å². The molecule has 14 heteroatoms. The summed E-state index contributed by atoms with van der Waals surface area (Å²) in [5.74, 6) is 0.963. The fourth-order valence-electron chi connectivity index (χ4n) is 8.40. The molecule has 0 radical (unpaired) electrons. The normalized spacial score (nSPS) is 21.6. The van der Waals surface area contributed by atoms with Gasteiger partial charge in [0.1, 0.15) is 46.9 Å². The zero-order chi connectivity index (χ0) is 33.4. The van der Waals surface area contributed by atoms with Crippen LogP contribution in [0.2, 0.25) is 5.02 Å². The zero-order valence-electron chi connectivity index (χ0n) is 26.5. The van der Waals surface area contributed by atoms with Gasteiger partial charge < -0.3 is 25.0 Å². The summed E-state index contributed by atoms with van der Waals surface area (Å²) < 4.78 is 48.0. The molecule has 49 heavy (non-hydrogen) atoms. The highest BCUT2D eigenvalue weighted by Crippen LogP contribution is 2.49. The van der Waals surface area contributed by atoms with Crippen LogP contribution in [-0.2, 0) is 37.3 Å². The third-order valence-corrected chi connectivity index (χ3v) is 12.1. The zero-order valence-corrected chi connectivity index (χ0v) is 28.1. The van der Waals surface area contributed by atoms with E-state index in [1.54, 1.807) is 6.07 Å². The number of hydrogen-bond acceptors (Lipinski definition) is 11. The van der Waals surface area contributed by atoms with Crippen LogP contribution in [0, 0.1) is 17.1 Å². The number of nitrogens with one attached hydrogen (secondary N) is 1. The molecule has 252 valence electrons. The van der Waals surface area contributed by atoms with Crippen molar-refractivity contribution in [1.82, 2.24) is 20.0 Å². The average Bonchev–Trinajstić information content (AvgIpc) is 3.92. The van der Waals surface area contributed by atoms with Crippen molar-refractivity contribution in [2.75, 3.05) is 30.7 Å². The molecule has 3 aromatic heterocycles. The van der Waals surface area contributed by atoms with E-state index in [1.165, 1.54) is 6.07 Å². The Balaban J connectivity index is 1.21. The summed E-state index contributed by atoms with van der Waals surface area (Å²) in [6, 6.07) is 5.26. The van der Waals surface area contributed by atoms with Crippen molar-refractivity contribution in [2.24, 2.45) is 0 Å². The van der Waals surface area contributed by atoms with Crippen molar-refractivity contribution < 1.29 is 22.8 Å². The second kappa shape index (κ2) is 11.8. The van der Waals surface area contributed by atoms with E-state index in [4.69, 9.17) is 41.3 Å². The Bertz CT molecular complexity index is 2220. The molecule has 2 aromatic carbocycles. The molecule has 0 amide bonds. The van der Waals surface area contributed by atoms with E-state index in [9.17, 15) is 9.65 Å². The Morgan fingerprint density at radius 1 is 1.16 bits per heavy atom. The maximum absolute atomic E-state index is 15.1. The lowest BCUT2D eigenvalue weighted by molar-refractivity contribution is 0.107. The highest BCUT2D eigenvalue weighted by atomic mass is 35.5. The first-order chi connectivity index (χ1) is 23.8. The maximum Gasteiger partial charge on any atom is 0.319 e. The average molecular weight is 704 g/mol. The molecule has 9 rings (SSSR count). The van der Waals surface area contributed by atoms with Crippen LogP contribution < -0.4 is 15.8 Å². The minimum atomic E-state index is -0.899. The van der Waals surface area contributed by atoms with Gasteiger partial charge in [0.25, 0.3) is 0 Å². The molecular formula is C35H32ClF2N7O3S. The smallest absolute Gasteiger partial charge is 0.319 e. The summed E-state index contributed by atoms with van der Waals surface area (Å²) >= 11 is 8.39. The van der Waals surface area contributed by atoms with Gasteiger partial charge in [-0.25, -0.2) is 8.78 Å². The lowest BCUT2D eigenvalue weighted by atomic mass is 9.91. The molecule has 5 aromatic rings. The van der Waals surface area contributed by atoms with Crippen molar-refractivity contribution in [3.05, 3.63) is 56.7 Å². The molecule has 10 nitrogen and oxygen atoms in total. The van der Waals surface area contributed by atoms with Crippen molar-refractivity contribution in [3.63, 3.8) is 0 Å². The molecule has 4 aliphatic rings. The van der Waals surface area contributed by atoms with E-state index in [0.29, 0.717) is 57.8 Å². The highest BCUT2D eigenvalue weighted by molar-refractivity contribution is 7.23. The molecule has 3 aliphatic heterocycles. The Morgan fingerprint density at radius 3 is 2.90 bits per heavy atom. The fraction of sp³-hybridized carbons (Fsp3) is 0.429. The van der Waals surface area contributed by atoms with Crippen LogP contribution in [-0.4, -0.2) is 51.4 Å². The van der Waals surface area contributed by atoms with Crippen LogP contribution in [0.1, 0.15) is 65.8 Å². The molecule has 2 fully saturated rings. The Labute approximate surface area is 289 Å². The molecule has 2 atom stereocenters. The topological polar surface area (TPSA) is 135 Å². The van der Waals surface area contributed by atoms with E-state index in [0.717, 1.165) is 84.6 Å². The molecule has 1 aliphatic carbocycles. The van der Waals surface area contributed by atoms with E-state index >= 15 is 4.39 Å². The number of nitrogen functional groups attached to an aromatic ring is 1. The van der Waals surface area contributed by atoms with E-state index in [2.05, 4.69) is 21.4 Å². The van der Waals surface area contributed by atoms with Crippen molar-refractivity contribution >= 4 is 54.7 Å². The van der Waals surface area contributed by atoms with Gasteiger partial charge in [-0.2, -0.15) is 15.2 Å². The first-order valence-corrected chi connectivity index (χ1v) is 17.8. The van der Waals surface area contributed by atoms with Crippen molar-refractivity contribution in [1.29, 1.82) is 5.26 Å². The summed E-state index contributed by atoms with van der Waals surface area (Å²) in [7, 11) is 0. The predicted octanol–water partition coefficient (Wildman–Crippen LogP) is 7.22. The first kappa shape index (κ1) is 30.9. The maximum atomic E-state index is 15.1. The number of alkyl halides is 1. The number of rotatable bonds is 7. The van der Waals surface area contributed by atoms with E-state index in [-0.39, 0.29) is 41.1 Å². The van der Waals surface area contributed by atoms with Gasteiger partial charge in [0.15, 0.2) is 0 Å². The Morgan fingerprint density at radius 2 is 2.02 bits per heavy atom. The summed E-state index contributed by atoms with van der Waals surface area (Å²) in [5.41, 5.74) is 11.2. The molecule has 2 saturated heterocycles. The van der Waals surface area contributed by atoms with Gasteiger partial charge in [-0.1, -0.05) is 22.8 Å². The second-order valence-electron chi connectivity index (χ2n) is 13.4. The molecule has 0 saturated carbocycles. The first-order valence-electron chi connectivity index (χ1n) is 16.6. The number of ether oxygens (including phenoxy) is 2. The van der Waals surface area contributed by atoms with Gasteiger partial charge >= 0.3 is 6.01 Å². The number of aromatic nitrogens is 3. The lowest BCUT2D eigenvalue weighted by Gasteiger charge is -2.30. The summed E-state index contributed by atoms with van der Waals surface area (Å²) in [6.07, 6.45) is 5.27. The van der Waals surface area contributed by atoms with Crippen LogP contribution in [0.15, 0.2) is 16.7 Å². The monoisotopic (exact) mass is 703 g/mol. The number of anilines is 2. The SMILES string of the molecule is N#Cc1c(N)sc2c(F)ccc(-c3c4c(c5c(NCc6noc7c6CCCC7)nc(OC[C@@]67CCCN6C[C@H](F)C7)nc5c3Cl)COC4)c12. The quantitative estimate of drug-likeness (QED) is 0.179. The van der Waals surface area contributed by atoms with Gasteiger partial charge in [-0.3, -0.25) is 4.90 Å². The summed E-state index contributed by atoms with van der Waals surface area (Å²) in [6.45, 7) is 2.36. The van der Waals surface area contributed by atoms with Gasteiger partial charge in [-0.15, -0.1) is 11.3 Å². The number of thiophene rings is 1. The van der Waals surface area contributed by atoms with Crippen molar-refractivity contribution in [2.45, 2.75) is 76.4 Å². The van der Waals surface area contributed by atoms with Gasteiger partial charge in [0.05, 0.1) is 51.5 Å². The Kier molecular flexibility index (Phi) is 7.42. The molecule has 3 N–H and O–H groups in total. The van der Waals surface area contributed by atoms with Crippen LogP contribution in [0.4, 0.5) is 19.6 Å². The number of halogens is 3. The summed E-state index contributed by atoms with van der Waals surface area (Å²) in [5, 5.41) is 19.5. The number of hydrogen-bond donors (Lipinski definition) is 2. The van der Waals surface area contributed by atoms with Gasteiger partial charge in [0.2, 0.25) is 0 Å². The highest BCUT2D eigenvalue weighted by Gasteiger charge is 2.49. The predicted molar refractivity (Wildman–Crippen MR) is 182 cm³/mol. The number of nitrogens with zero attached hydrogens (tertiary/aromatic N) is 5. The Hall–Kier alpha value is -4.09. The van der Waals surface area contributed by atoms with E-state index in [1.807, 2.05) is 0 Å². The van der Waals surface area contributed by atoms with Gasteiger partial charge in [0, 0.05) is 35.9 Å². The van der Waals surface area contributed by atoms with E-state index < -0.39 is 17.5 Å².